The van der Waals surface area contributed by atoms with Gasteiger partial charge in [-0.3, -0.25) is 0 Å². The molecule has 7 aliphatic rings. The van der Waals surface area contributed by atoms with Gasteiger partial charge in [-0.2, -0.15) is 0 Å². The predicted octanol–water partition coefficient (Wildman–Crippen LogP) is 15.4. The fraction of sp³-hybridized carbons (Fsp3) is 1.00. The summed E-state index contributed by atoms with van der Waals surface area (Å²) in [7, 11) is -2.49. The van der Waals surface area contributed by atoms with E-state index in [0.717, 1.165) is 87.6 Å². The predicted molar refractivity (Wildman–Crippen MR) is 221 cm³/mol. The molecular formula is C47H86Si2. The van der Waals surface area contributed by atoms with Gasteiger partial charge < -0.3 is 0 Å². The Morgan fingerprint density at radius 2 is 0.980 bits per heavy atom. The highest BCUT2D eigenvalue weighted by Crippen LogP contribution is 2.66. The topological polar surface area (TPSA) is 0 Å². The highest BCUT2D eigenvalue weighted by atomic mass is 28.3. The van der Waals surface area contributed by atoms with Gasteiger partial charge in [0.2, 0.25) is 0 Å². The van der Waals surface area contributed by atoms with E-state index in [1.54, 1.807) is 122 Å². The summed E-state index contributed by atoms with van der Waals surface area (Å²) in [6, 6.07) is 0. The molecule has 0 aliphatic heterocycles. The Kier molecular flexibility index (Phi) is 12.1. The van der Waals surface area contributed by atoms with E-state index in [9.17, 15) is 0 Å². The number of fused-ring (bicyclic) bond motifs is 2. The van der Waals surface area contributed by atoms with Crippen LogP contribution >= 0.6 is 0 Å². The number of rotatable bonds is 11. The van der Waals surface area contributed by atoms with E-state index < -0.39 is 16.1 Å². The Bertz CT molecular complexity index is 1050. The molecule has 282 valence electrons. The van der Waals surface area contributed by atoms with Gasteiger partial charge in [0.15, 0.2) is 0 Å². The van der Waals surface area contributed by atoms with Crippen molar-refractivity contribution in [3.8, 4) is 0 Å². The van der Waals surface area contributed by atoms with Crippen LogP contribution in [0.15, 0.2) is 0 Å². The first-order chi connectivity index (χ1) is 23.5. The van der Waals surface area contributed by atoms with E-state index in [1.165, 1.54) is 31.2 Å². The molecule has 0 N–H and O–H groups in total. The molecule has 0 aromatic heterocycles. The first-order valence-electron chi connectivity index (χ1n) is 23.5. The second kappa shape index (κ2) is 15.7. The lowest BCUT2D eigenvalue weighted by molar-refractivity contribution is 0.0476. The third-order valence-corrected chi connectivity index (χ3v) is 29.9. The van der Waals surface area contributed by atoms with Crippen molar-refractivity contribution in [2.24, 2.45) is 71.0 Å². The van der Waals surface area contributed by atoms with E-state index >= 15 is 0 Å². The summed E-state index contributed by atoms with van der Waals surface area (Å²) in [5.74, 6) is 12.9. The van der Waals surface area contributed by atoms with Crippen molar-refractivity contribution >= 4 is 16.1 Å². The van der Waals surface area contributed by atoms with Gasteiger partial charge in [-0.15, -0.1) is 0 Å². The lowest BCUT2D eigenvalue weighted by Gasteiger charge is -2.49. The zero-order valence-corrected chi connectivity index (χ0v) is 36.5. The molecule has 0 heterocycles. The largest absolute Gasteiger partial charge is 0.0689 e. The van der Waals surface area contributed by atoms with Crippen molar-refractivity contribution in [1.82, 2.24) is 0 Å². The SMILES string of the molecule is CCCC1CCC([Si](C)(C)C2CCC3C(C4CCC(C5CCCC6C5CC(C(C)C)C6[Si](C)(C)C5CCC(CCC)C5)CC4)CCCC32)C1. The fourth-order valence-electron chi connectivity index (χ4n) is 17.1. The van der Waals surface area contributed by atoms with Gasteiger partial charge in [-0.05, 0) is 157 Å². The Labute approximate surface area is 309 Å². The molecule has 0 spiro atoms. The second-order valence-electron chi connectivity index (χ2n) is 22.3. The van der Waals surface area contributed by atoms with E-state index in [-0.39, 0.29) is 0 Å². The van der Waals surface area contributed by atoms with Crippen LogP contribution in [0.25, 0.3) is 0 Å². The van der Waals surface area contributed by atoms with Crippen LogP contribution in [0.2, 0.25) is 48.4 Å². The average molecular weight is 707 g/mol. The summed E-state index contributed by atoms with van der Waals surface area (Å²) in [4.78, 5) is 0. The minimum absolute atomic E-state index is 0.903. The maximum Gasteiger partial charge on any atom is 0.0541 e. The molecule has 13 atom stereocenters. The monoisotopic (exact) mass is 707 g/mol. The minimum Gasteiger partial charge on any atom is -0.0689 e. The zero-order valence-electron chi connectivity index (χ0n) is 34.5. The molecule has 0 saturated heterocycles. The van der Waals surface area contributed by atoms with E-state index in [1.807, 2.05) is 0 Å². The maximum atomic E-state index is 2.93. The molecule has 0 nitrogen and oxygen atoms in total. The Morgan fingerprint density at radius 3 is 1.53 bits per heavy atom. The fourth-order valence-corrected chi connectivity index (χ4v) is 27.5. The smallest absolute Gasteiger partial charge is 0.0541 e. The van der Waals surface area contributed by atoms with Crippen LogP contribution in [0.1, 0.15) is 175 Å². The molecule has 0 amide bonds. The van der Waals surface area contributed by atoms with Gasteiger partial charge in [0.25, 0.3) is 0 Å². The van der Waals surface area contributed by atoms with Crippen molar-refractivity contribution < 1.29 is 0 Å². The molecule has 0 radical (unpaired) electrons. The minimum atomic E-state index is -1.30. The molecule has 7 saturated carbocycles. The Morgan fingerprint density at radius 1 is 0.469 bits per heavy atom. The third-order valence-electron chi connectivity index (χ3n) is 19.4. The lowest BCUT2D eigenvalue weighted by Crippen LogP contribution is -2.44. The van der Waals surface area contributed by atoms with Crippen molar-refractivity contribution in [3.63, 3.8) is 0 Å². The van der Waals surface area contributed by atoms with Gasteiger partial charge in [-0.25, -0.2) is 0 Å². The van der Waals surface area contributed by atoms with Crippen LogP contribution in [0.3, 0.4) is 0 Å². The highest BCUT2D eigenvalue weighted by molar-refractivity contribution is 6.80. The molecular weight excluding hydrogens is 621 g/mol. The van der Waals surface area contributed by atoms with Crippen LogP contribution in [0.4, 0.5) is 0 Å². The van der Waals surface area contributed by atoms with E-state index in [4.69, 9.17) is 0 Å². The molecule has 0 aromatic rings. The van der Waals surface area contributed by atoms with Gasteiger partial charge >= 0.3 is 0 Å². The molecule has 0 aromatic carbocycles. The van der Waals surface area contributed by atoms with Crippen LogP contribution in [-0.4, -0.2) is 16.1 Å². The van der Waals surface area contributed by atoms with Gasteiger partial charge in [0.05, 0.1) is 16.1 Å². The molecule has 7 rings (SSSR count). The van der Waals surface area contributed by atoms with Crippen molar-refractivity contribution in [2.45, 2.75) is 224 Å². The third kappa shape index (κ3) is 7.32. The molecule has 2 heteroatoms. The van der Waals surface area contributed by atoms with Crippen molar-refractivity contribution in [2.75, 3.05) is 0 Å². The molecule has 49 heavy (non-hydrogen) atoms. The Balaban J connectivity index is 0.978. The van der Waals surface area contributed by atoms with Crippen LogP contribution in [-0.2, 0) is 0 Å². The normalized spacial score (nSPS) is 46.3. The quantitative estimate of drug-likeness (QED) is 0.188. The van der Waals surface area contributed by atoms with Crippen LogP contribution in [0.5, 0.6) is 0 Å². The first kappa shape index (κ1) is 37.7. The average Bonchev–Trinajstić information content (AvgIpc) is 3.90. The van der Waals surface area contributed by atoms with Gasteiger partial charge in [-0.1, -0.05) is 137 Å². The van der Waals surface area contributed by atoms with Crippen molar-refractivity contribution in [1.29, 1.82) is 0 Å². The lowest BCUT2D eigenvalue weighted by atomic mass is 9.60. The summed E-state index contributed by atoms with van der Waals surface area (Å²) < 4.78 is 0. The summed E-state index contributed by atoms with van der Waals surface area (Å²) in [5, 5.41) is 0. The number of hydrogen-bond acceptors (Lipinski definition) is 0. The maximum absolute atomic E-state index is 2.93. The molecule has 7 fully saturated rings. The van der Waals surface area contributed by atoms with Gasteiger partial charge in [0.1, 0.15) is 0 Å². The standard InChI is InChI=1S/C47H86Si2/c1-9-13-33-19-25-37(29-33)48(5,6)46-28-27-41-39(15-11-17-42(41)46)35-21-23-36(24-22-35)40-16-12-18-43-45(40)31-44(32(3)4)47(43)49(7,8)38-26-20-34(30-38)14-10-2/h32-47H,9-31H2,1-8H3. The van der Waals surface area contributed by atoms with Crippen molar-refractivity contribution in [3.05, 3.63) is 0 Å². The van der Waals surface area contributed by atoms with Crippen LogP contribution < -0.4 is 0 Å². The first-order valence-corrected chi connectivity index (χ1v) is 29.8. The Hall–Kier alpha value is 0.434. The second-order valence-corrected chi connectivity index (χ2v) is 32.7. The molecule has 7 aliphatic carbocycles. The summed E-state index contributed by atoms with van der Waals surface area (Å²) in [6.45, 7) is 21.8. The molecule has 0 bridgehead atoms. The van der Waals surface area contributed by atoms with E-state index in [0.29, 0.717) is 0 Å². The van der Waals surface area contributed by atoms with Crippen LogP contribution in [0, 0.1) is 71.0 Å². The van der Waals surface area contributed by atoms with Gasteiger partial charge in [0, 0.05) is 0 Å². The summed E-state index contributed by atoms with van der Waals surface area (Å²) >= 11 is 0. The summed E-state index contributed by atoms with van der Waals surface area (Å²) in [6.07, 6.45) is 36.4. The summed E-state index contributed by atoms with van der Waals surface area (Å²) in [5.41, 5.74) is 4.58. The number of hydrogen-bond donors (Lipinski definition) is 0. The highest BCUT2D eigenvalue weighted by Gasteiger charge is 2.58. The zero-order chi connectivity index (χ0) is 34.5. The van der Waals surface area contributed by atoms with E-state index in [2.05, 4.69) is 53.9 Å². The molecule has 13 unspecified atom stereocenters.